The van der Waals surface area contributed by atoms with Crippen LogP contribution < -0.4 is 10.6 Å². The van der Waals surface area contributed by atoms with E-state index in [1.165, 1.54) is 4.88 Å². The van der Waals surface area contributed by atoms with Crippen LogP contribution >= 0.6 is 35.3 Å². The van der Waals surface area contributed by atoms with Gasteiger partial charge in [-0.25, -0.2) is 9.78 Å². The molecule has 0 atom stereocenters. The average Bonchev–Trinajstić information content (AvgIpc) is 2.78. The summed E-state index contributed by atoms with van der Waals surface area (Å²) in [5, 5.41) is 7.75. The van der Waals surface area contributed by atoms with Crippen molar-refractivity contribution in [1.82, 2.24) is 20.5 Å². The van der Waals surface area contributed by atoms with E-state index >= 15 is 0 Å². The molecular formula is C18H32IN5O2S. The molecule has 0 aromatic carbocycles. The molecule has 1 aliphatic heterocycles. The van der Waals surface area contributed by atoms with Gasteiger partial charge in [-0.15, -0.1) is 35.3 Å². The third-order valence-corrected chi connectivity index (χ3v) is 4.96. The molecule has 0 spiro atoms. The number of guanidine groups is 1. The van der Waals surface area contributed by atoms with Gasteiger partial charge >= 0.3 is 6.09 Å². The fourth-order valence-corrected chi connectivity index (χ4v) is 3.56. The number of aliphatic imine (C=N–C) groups is 1. The lowest BCUT2D eigenvalue weighted by atomic mass is 10.1. The molecule has 9 heteroatoms. The van der Waals surface area contributed by atoms with Gasteiger partial charge in [-0.1, -0.05) is 0 Å². The number of hydrogen-bond acceptors (Lipinski definition) is 5. The summed E-state index contributed by atoms with van der Waals surface area (Å²) < 4.78 is 5.38. The van der Waals surface area contributed by atoms with Crippen molar-refractivity contribution in [3.63, 3.8) is 0 Å². The Bertz CT molecular complexity index is 651. The number of carbonyl (C=O) groups excluding carboxylic acids is 1. The maximum absolute atomic E-state index is 12.0. The zero-order valence-electron chi connectivity index (χ0n) is 17.1. The molecule has 0 aliphatic carbocycles. The van der Waals surface area contributed by atoms with Crippen molar-refractivity contribution in [3.8, 4) is 0 Å². The minimum atomic E-state index is -0.459. The first-order valence-corrected chi connectivity index (χ1v) is 9.95. The number of carbonyl (C=O) groups is 1. The van der Waals surface area contributed by atoms with E-state index in [4.69, 9.17) is 4.74 Å². The second-order valence-corrected chi connectivity index (χ2v) is 8.77. The largest absolute Gasteiger partial charge is 0.444 e. The molecule has 1 amide bonds. The monoisotopic (exact) mass is 509 g/mol. The lowest BCUT2D eigenvalue weighted by Gasteiger charge is -2.40. The Kier molecular flexibility index (Phi) is 9.26. The number of hydrogen-bond donors (Lipinski definition) is 2. The van der Waals surface area contributed by atoms with Crippen molar-refractivity contribution in [2.24, 2.45) is 4.99 Å². The second kappa shape index (κ2) is 10.4. The molecule has 2 N–H and O–H groups in total. The normalized spacial score (nSPS) is 15.0. The minimum Gasteiger partial charge on any atom is -0.444 e. The Balaban J connectivity index is 0.00000364. The van der Waals surface area contributed by atoms with Crippen LogP contribution in [0.4, 0.5) is 4.79 Å². The summed E-state index contributed by atoms with van der Waals surface area (Å²) in [5.41, 5.74) is 0.645. The number of aromatic nitrogens is 1. The highest BCUT2D eigenvalue weighted by molar-refractivity contribution is 14.0. The molecule has 1 aromatic heterocycles. The quantitative estimate of drug-likeness (QED) is 0.363. The van der Waals surface area contributed by atoms with E-state index in [1.807, 2.05) is 41.5 Å². The lowest BCUT2D eigenvalue weighted by molar-refractivity contribution is 0.00701. The third kappa shape index (κ3) is 7.81. The van der Waals surface area contributed by atoms with Crippen molar-refractivity contribution in [2.45, 2.75) is 59.6 Å². The van der Waals surface area contributed by atoms with E-state index in [2.05, 4.69) is 20.6 Å². The van der Waals surface area contributed by atoms with Gasteiger partial charge in [-0.2, -0.15) is 0 Å². The summed E-state index contributed by atoms with van der Waals surface area (Å²) in [6.45, 7) is 14.5. The fraction of sp³-hybridized carbons (Fsp3) is 0.722. The molecule has 27 heavy (non-hydrogen) atoms. The Morgan fingerprint density at radius 1 is 1.37 bits per heavy atom. The van der Waals surface area contributed by atoms with Crippen LogP contribution in [0, 0.1) is 13.8 Å². The van der Waals surface area contributed by atoms with Crippen molar-refractivity contribution in [2.75, 3.05) is 26.2 Å². The Morgan fingerprint density at radius 2 is 2.04 bits per heavy atom. The molecule has 1 aliphatic rings. The molecule has 1 aromatic rings. The zero-order valence-corrected chi connectivity index (χ0v) is 20.2. The summed E-state index contributed by atoms with van der Waals surface area (Å²) in [6.07, 6.45) is 0.635. The molecule has 2 heterocycles. The number of likely N-dealkylation sites (tertiary alicyclic amines) is 1. The molecule has 1 fully saturated rings. The van der Waals surface area contributed by atoms with E-state index in [9.17, 15) is 4.79 Å². The summed E-state index contributed by atoms with van der Waals surface area (Å²) in [6, 6.07) is 0.202. The fourth-order valence-electron chi connectivity index (χ4n) is 2.63. The number of ether oxygens (including phenoxy) is 1. The first-order chi connectivity index (χ1) is 12.2. The number of nitrogens with one attached hydrogen (secondary N) is 2. The van der Waals surface area contributed by atoms with Crippen molar-refractivity contribution in [3.05, 3.63) is 15.6 Å². The molecule has 0 saturated carbocycles. The summed E-state index contributed by atoms with van der Waals surface area (Å²) in [4.78, 5) is 24.1. The highest BCUT2D eigenvalue weighted by atomic mass is 127. The molecule has 7 nitrogen and oxygen atoms in total. The third-order valence-electron chi connectivity index (χ3n) is 3.83. The van der Waals surface area contributed by atoms with Gasteiger partial charge in [0.05, 0.1) is 16.7 Å². The Hall–Kier alpha value is -1.10. The predicted molar refractivity (Wildman–Crippen MR) is 121 cm³/mol. The summed E-state index contributed by atoms with van der Waals surface area (Å²) in [5.74, 6) is 0.792. The lowest BCUT2D eigenvalue weighted by Crippen LogP contribution is -2.63. The molecule has 0 unspecified atom stereocenters. The first-order valence-electron chi connectivity index (χ1n) is 9.13. The van der Waals surface area contributed by atoms with Crippen LogP contribution in [0.2, 0.25) is 0 Å². The van der Waals surface area contributed by atoms with Crippen LogP contribution in [0.3, 0.4) is 0 Å². The summed E-state index contributed by atoms with van der Waals surface area (Å²) in [7, 11) is 0. The second-order valence-electron chi connectivity index (χ2n) is 7.48. The smallest absolute Gasteiger partial charge is 0.410 e. The van der Waals surface area contributed by atoms with Crippen LogP contribution in [0.15, 0.2) is 4.99 Å². The minimum absolute atomic E-state index is 0. The highest BCUT2D eigenvalue weighted by Crippen LogP contribution is 2.18. The number of rotatable bonds is 5. The summed E-state index contributed by atoms with van der Waals surface area (Å²) >= 11 is 1.74. The van der Waals surface area contributed by atoms with E-state index in [1.54, 1.807) is 16.2 Å². The first kappa shape index (κ1) is 23.9. The standard InChI is InChI=1S/C18H31N5O2S.HI/c1-7-19-16(20-9-8-15-12(2)21-13(3)26-15)22-14-10-23(11-14)17(24)25-18(4,5)6;/h14H,7-11H2,1-6H3,(H2,19,20,22);1H. The number of aryl methyl sites for hydroxylation is 2. The van der Waals surface area contributed by atoms with Gasteiger partial charge in [0.2, 0.25) is 0 Å². The maximum Gasteiger partial charge on any atom is 0.410 e. The maximum atomic E-state index is 12.0. The molecule has 0 radical (unpaired) electrons. The number of nitrogens with zero attached hydrogens (tertiary/aromatic N) is 3. The van der Waals surface area contributed by atoms with Gasteiger partial charge in [-0.3, -0.25) is 4.99 Å². The van der Waals surface area contributed by atoms with Gasteiger partial charge in [0.1, 0.15) is 5.60 Å². The molecule has 0 bridgehead atoms. The van der Waals surface area contributed by atoms with Crippen molar-refractivity contribution < 1.29 is 9.53 Å². The zero-order chi connectivity index (χ0) is 19.3. The number of thiazole rings is 1. The van der Waals surface area contributed by atoms with Gasteiger partial charge in [0.15, 0.2) is 5.96 Å². The Morgan fingerprint density at radius 3 is 2.56 bits per heavy atom. The van der Waals surface area contributed by atoms with Crippen LogP contribution in [0.1, 0.15) is 43.3 Å². The van der Waals surface area contributed by atoms with Crippen LogP contribution in [-0.2, 0) is 11.2 Å². The van der Waals surface area contributed by atoms with E-state index in [-0.39, 0.29) is 36.1 Å². The van der Waals surface area contributed by atoms with Crippen LogP contribution in [-0.4, -0.2) is 59.8 Å². The van der Waals surface area contributed by atoms with E-state index in [0.717, 1.165) is 29.6 Å². The van der Waals surface area contributed by atoms with Gasteiger partial charge in [0.25, 0.3) is 0 Å². The van der Waals surface area contributed by atoms with Gasteiger partial charge in [0, 0.05) is 37.5 Å². The van der Waals surface area contributed by atoms with Crippen molar-refractivity contribution >= 4 is 47.4 Å². The molecule has 2 rings (SSSR count). The molecule has 154 valence electrons. The Labute approximate surface area is 183 Å². The van der Waals surface area contributed by atoms with Crippen LogP contribution in [0.25, 0.3) is 0 Å². The highest BCUT2D eigenvalue weighted by Gasteiger charge is 2.34. The topological polar surface area (TPSA) is 78.9 Å². The average molecular weight is 509 g/mol. The predicted octanol–water partition coefficient (Wildman–Crippen LogP) is 3.09. The molecular weight excluding hydrogens is 477 g/mol. The number of halogens is 1. The van der Waals surface area contributed by atoms with Crippen molar-refractivity contribution in [1.29, 1.82) is 0 Å². The number of amides is 1. The van der Waals surface area contributed by atoms with Gasteiger partial charge < -0.3 is 20.3 Å². The SMILES string of the molecule is CCNC(=NCCc1sc(C)nc1C)NC1CN(C(=O)OC(C)(C)C)C1.I. The molecule has 1 saturated heterocycles. The van der Waals surface area contributed by atoms with Gasteiger partial charge in [-0.05, 0) is 41.5 Å². The van der Waals surface area contributed by atoms with Crippen LogP contribution in [0.5, 0.6) is 0 Å². The van der Waals surface area contributed by atoms with E-state index in [0.29, 0.717) is 19.6 Å². The van der Waals surface area contributed by atoms with E-state index < -0.39 is 5.60 Å².